The van der Waals surface area contributed by atoms with Crippen LogP contribution in [0.3, 0.4) is 0 Å². The number of halogens is 2. The van der Waals surface area contributed by atoms with E-state index in [9.17, 15) is 9.90 Å². The van der Waals surface area contributed by atoms with Gasteiger partial charge in [0.1, 0.15) is 0 Å². The molecular weight excluding hydrogens is 261 g/mol. The zero-order valence-corrected chi connectivity index (χ0v) is 11.5. The van der Waals surface area contributed by atoms with Crippen LogP contribution in [0.25, 0.3) is 0 Å². The van der Waals surface area contributed by atoms with Gasteiger partial charge in [-0.15, -0.1) is 0 Å². The standard InChI is InChI=1S/C12H15Cl2NO2/c1-12(2,3)6-10(16)15-7-4-8(13)11(17)9(14)5-7/h4-5,17H,6H2,1-3H3,(H,15,16). The van der Waals surface area contributed by atoms with Crippen molar-refractivity contribution >= 4 is 34.8 Å². The predicted octanol–water partition coefficient (Wildman–Crippen LogP) is 4.07. The fourth-order valence-corrected chi connectivity index (χ4v) is 1.81. The van der Waals surface area contributed by atoms with Gasteiger partial charge in [0, 0.05) is 12.1 Å². The Labute approximate surface area is 111 Å². The van der Waals surface area contributed by atoms with Crippen LogP contribution in [0.1, 0.15) is 27.2 Å². The van der Waals surface area contributed by atoms with Gasteiger partial charge in [-0.3, -0.25) is 4.79 Å². The third-order valence-electron chi connectivity index (χ3n) is 1.99. The number of phenolic OH excluding ortho intramolecular Hbond substituents is 1. The molecule has 1 rings (SSSR count). The summed E-state index contributed by atoms with van der Waals surface area (Å²) in [5, 5.41) is 12.3. The number of carbonyl (C=O) groups is 1. The Hall–Kier alpha value is -0.930. The first kappa shape index (κ1) is 14.1. The van der Waals surface area contributed by atoms with Crippen LogP contribution >= 0.6 is 23.2 Å². The number of hydrogen-bond acceptors (Lipinski definition) is 2. The molecule has 0 aliphatic carbocycles. The van der Waals surface area contributed by atoms with Gasteiger partial charge in [0.25, 0.3) is 0 Å². The van der Waals surface area contributed by atoms with Gasteiger partial charge < -0.3 is 10.4 Å². The fourth-order valence-electron chi connectivity index (χ4n) is 1.32. The first-order valence-electron chi connectivity index (χ1n) is 5.17. The lowest BCUT2D eigenvalue weighted by Gasteiger charge is -2.17. The van der Waals surface area contributed by atoms with Gasteiger partial charge >= 0.3 is 0 Å². The Balaban J connectivity index is 2.79. The van der Waals surface area contributed by atoms with Crippen molar-refractivity contribution in [1.82, 2.24) is 0 Å². The van der Waals surface area contributed by atoms with Crippen LogP contribution in [0, 0.1) is 5.41 Å². The molecule has 2 N–H and O–H groups in total. The number of benzene rings is 1. The van der Waals surface area contributed by atoms with Crippen LogP contribution in [-0.2, 0) is 4.79 Å². The largest absolute Gasteiger partial charge is 0.505 e. The van der Waals surface area contributed by atoms with Crippen molar-refractivity contribution in [3.8, 4) is 5.75 Å². The summed E-state index contributed by atoms with van der Waals surface area (Å²) < 4.78 is 0. The molecule has 5 heteroatoms. The summed E-state index contributed by atoms with van der Waals surface area (Å²) in [6, 6.07) is 2.92. The minimum Gasteiger partial charge on any atom is -0.505 e. The summed E-state index contributed by atoms with van der Waals surface area (Å²) in [5.74, 6) is -0.294. The summed E-state index contributed by atoms with van der Waals surface area (Å²) in [6.45, 7) is 5.93. The molecule has 3 nitrogen and oxygen atoms in total. The van der Waals surface area contributed by atoms with Crippen molar-refractivity contribution in [3.63, 3.8) is 0 Å². The second kappa shape index (κ2) is 5.15. The van der Waals surface area contributed by atoms with Gasteiger partial charge in [-0.25, -0.2) is 0 Å². The number of phenols is 1. The summed E-state index contributed by atoms with van der Waals surface area (Å²) in [4.78, 5) is 11.7. The maximum absolute atomic E-state index is 11.7. The molecule has 0 bridgehead atoms. The minimum absolute atomic E-state index is 0.0887. The van der Waals surface area contributed by atoms with Crippen LogP contribution in [-0.4, -0.2) is 11.0 Å². The predicted molar refractivity (Wildman–Crippen MR) is 70.8 cm³/mol. The second-order valence-electron chi connectivity index (χ2n) is 5.07. The number of amides is 1. The zero-order valence-electron chi connectivity index (χ0n) is 9.97. The lowest BCUT2D eigenvalue weighted by Crippen LogP contribution is -2.19. The van der Waals surface area contributed by atoms with Crippen LogP contribution in [0.5, 0.6) is 5.75 Å². The monoisotopic (exact) mass is 275 g/mol. The average Bonchev–Trinajstić information content (AvgIpc) is 2.10. The summed E-state index contributed by atoms with van der Waals surface area (Å²) in [5.41, 5.74) is 0.390. The SMILES string of the molecule is CC(C)(C)CC(=O)Nc1cc(Cl)c(O)c(Cl)c1. The quantitative estimate of drug-likeness (QED) is 0.800. The van der Waals surface area contributed by atoms with Gasteiger partial charge in [0.05, 0.1) is 10.0 Å². The number of rotatable bonds is 2. The molecule has 0 aliphatic heterocycles. The van der Waals surface area contributed by atoms with E-state index < -0.39 is 0 Å². The van der Waals surface area contributed by atoms with Crippen molar-refractivity contribution in [2.45, 2.75) is 27.2 Å². The number of anilines is 1. The van der Waals surface area contributed by atoms with Crippen molar-refractivity contribution in [3.05, 3.63) is 22.2 Å². The van der Waals surface area contributed by atoms with E-state index in [0.29, 0.717) is 12.1 Å². The first-order valence-corrected chi connectivity index (χ1v) is 5.92. The molecule has 0 fully saturated rings. The van der Waals surface area contributed by atoms with Crippen molar-refractivity contribution in [2.75, 3.05) is 5.32 Å². The van der Waals surface area contributed by atoms with E-state index in [-0.39, 0.29) is 27.1 Å². The minimum atomic E-state index is -0.179. The normalized spacial score (nSPS) is 11.4. The lowest BCUT2D eigenvalue weighted by molar-refractivity contribution is -0.117. The lowest BCUT2D eigenvalue weighted by atomic mass is 9.92. The Kier molecular flexibility index (Phi) is 4.28. The third kappa shape index (κ3) is 4.44. The Morgan fingerprint density at radius 1 is 1.29 bits per heavy atom. The highest BCUT2D eigenvalue weighted by Crippen LogP contribution is 2.34. The zero-order chi connectivity index (χ0) is 13.2. The summed E-state index contributed by atoms with van der Waals surface area (Å²) in [6.07, 6.45) is 0.392. The molecule has 0 saturated carbocycles. The summed E-state index contributed by atoms with van der Waals surface area (Å²) in [7, 11) is 0. The Bertz CT molecular complexity index is 416. The van der Waals surface area contributed by atoms with Crippen LogP contribution in [0.4, 0.5) is 5.69 Å². The molecule has 1 aromatic carbocycles. The van der Waals surface area contributed by atoms with Crippen molar-refractivity contribution in [2.24, 2.45) is 5.41 Å². The molecular formula is C12H15Cl2NO2. The molecule has 0 aliphatic rings. The highest BCUT2D eigenvalue weighted by atomic mass is 35.5. The maximum atomic E-state index is 11.7. The number of carbonyl (C=O) groups excluding carboxylic acids is 1. The van der Waals surface area contributed by atoms with Crippen molar-refractivity contribution < 1.29 is 9.90 Å². The van der Waals surface area contributed by atoms with Gasteiger partial charge in [0.2, 0.25) is 5.91 Å². The van der Waals surface area contributed by atoms with Crippen LogP contribution in [0.15, 0.2) is 12.1 Å². The van der Waals surface area contributed by atoms with E-state index in [1.54, 1.807) is 0 Å². The molecule has 94 valence electrons. The first-order chi connectivity index (χ1) is 7.69. The second-order valence-corrected chi connectivity index (χ2v) is 5.89. The van der Waals surface area contributed by atoms with E-state index in [1.165, 1.54) is 12.1 Å². The van der Waals surface area contributed by atoms with Crippen molar-refractivity contribution in [1.29, 1.82) is 0 Å². The van der Waals surface area contributed by atoms with E-state index >= 15 is 0 Å². The number of aromatic hydroxyl groups is 1. The van der Waals surface area contributed by atoms with Gasteiger partial charge in [-0.2, -0.15) is 0 Å². The Morgan fingerprint density at radius 2 is 1.76 bits per heavy atom. The molecule has 0 unspecified atom stereocenters. The smallest absolute Gasteiger partial charge is 0.224 e. The molecule has 0 saturated heterocycles. The average molecular weight is 276 g/mol. The third-order valence-corrected chi connectivity index (χ3v) is 2.57. The maximum Gasteiger partial charge on any atom is 0.224 e. The summed E-state index contributed by atoms with van der Waals surface area (Å²) >= 11 is 11.5. The van der Waals surface area contributed by atoms with Gasteiger partial charge in [0.15, 0.2) is 5.75 Å². The van der Waals surface area contributed by atoms with E-state index in [1.807, 2.05) is 20.8 Å². The fraction of sp³-hybridized carbons (Fsp3) is 0.417. The van der Waals surface area contributed by atoms with Gasteiger partial charge in [-0.1, -0.05) is 44.0 Å². The van der Waals surface area contributed by atoms with Gasteiger partial charge in [-0.05, 0) is 17.5 Å². The molecule has 0 radical (unpaired) electrons. The Morgan fingerprint density at radius 3 is 2.18 bits per heavy atom. The van der Waals surface area contributed by atoms with E-state index in [2.05, 4.69) is 5.32 Å². The van der Waals surface area contributed by atoms with Crippen LogP contribution < -0.4 is 5.32 Å². The highest BCUT2D eigenvalue weighted by Gasteiger charge is 2.16. The van der Waals surface area contributed by atoms with E-state index in [0.717, 1.165) is 0 Å². The molecule has 0 atom stereocenters. The molecule has 0 heterocycles. The molecule has 0 spiro atoms. The highest BCUT2D eigenvalue weighted by molar-refractivity contribution is 6.37. The molecule has 0 aromatic heterocycles. The molecule has 17 heavy (non-hydrogen) atoms. The van der Waals surface area contributed by atoms with E-state index in [4.69, 9.17) is 23.2 Å². The number of nitrogens with one attached hydrogen (secondary N) is 1. The molecule has 1 amide bonds. The van der Waals surface area contributed by atoms with Crippen LogP contribution in [0.2, 0.25) is 10.0 Å². The molecule has 1 aromatic rings. The topological polar surface area (TPSA) is 49.3 Å². The number of hydrogen-bond donors (Lipinski definition) is 2.